The zero-order valence-electron chi connectivity index (χ0n) is 16.3. The maximum atomic E-state index is 12.1. The van der Waals surface area contributed by atoms with Gasteiger partial charge in [-0.15, -0.1) is 0 Å². The number of amides is 1. The van der Waals surface area contributed by atoms with E-state index < -0.39 is 0 Å². The molecule has 0 radical (unpaired) electrons. The Morgan fingerprint density at radius 2 is 1.75 bits per heavy atom. The molecule has 2 rings (SSSR count). The molecule has 7 heteroatoms. The number of rotatable bonds is 7. The lowest BCUT2D eigenvalue weighted by Gasteiger charge is -2.15. The summed E-state index contributed by atoms with van der Waals surface area (Å²) in [6.45, 7) is 3.88. The van der Waals surface area contributed by atoms with Gasteiger partial charge in [-0.1, -0.05) is 18.2 Å². The maximum absolute atomic E-state index is 12.1. The highest BCUT2D eigenvalue weighted by molar-refractivity contribution is 7.80. The average molecular weight is 401 g/mol. The van der Waals surface area contributed by atoms with Gasteiger partial charge >= 0.3 is 0 Å². The van der Waals surface area contributed by atoms with Gasteiger partial charge in [-0.25, -0.2) is 0 Å². The predicted octanol–water partition coefficient (Wildman–Crippen LogP) is 4.02. The number of benzene rings is 2. The third kappa shape index (κ3) is 6.28. The third-order valence-corrected chi connectivity index (χ3v) is 3.77. The van der Waals surface area contributed by atoms with Gasteiger partial charge in [-0.2, -0.15) is 0 Å². The van der Waals surface area contributed by atoms with E-state index in [9.17, 15) is 4.79 Å². The SMILES string of the molecule is COc1ccc(/C=C/C(=O)NC(=S)Nc2ccccc2OC(C)C)cc1OC. The summed E-state index contributed by atoms with van der Waals surface area (Å²) in [7, 11) is 3.13. The molecular formula is C21H24N2O4S. The number of thiocarbonyl (C=S) groups is 1. The van der Waals surface area contributed by atoms with Crippen molar-refractivity contribution in [2.75, 3.05) is 19.5 Å². The Morgan fingerprint density at radius 1 is 1.04 bits per heavy atom. The second-order valence-electron chi connectivity index (χ2n) is 6.05. The van der Waals surface area contributed by atoms with Crippen LogP contribution in [0.3, 0.4) is 0 Å². The van der Waals surface area contributed by atoms with Crippen molar-refractivity contribution in [1.29, 1.82) is 0 Å². The van der Waals surface area contributed by atoms with Crippen molar-refractivity contribution in [3.05, 3.63) is 54.1 Å². The predicted molar refractivity (Wildman–Crippen MR) is 115 cm³/mol. The van der Waals surface area contributed by atoms with Crippen LogP contribution in [-0.4, -0.2) is 31.3 Å². The fourth-order valence-electron chi connectivity index (χ4n) is 2.36. The molecule has 0 aliphatic carbocycles. The summed E-state index contributed by atoms with van der Waals surface area (Å²) >= 11 is 5.22. The summed E-state index contributed by atoms with van der Waals surface area (Å²) in [5.74, 6) is 1.52. The van der Waals surface area contributed by atoms with Gasteiger partial charge in [0.15, 0.2) is 16.6 Å². The molecule has 0 spiro atoms. The largest absolute Gasteiger partial charge is 0.493 e. The number of methoxy groups -OCH3 is 2. The van der Waals surface area contributed by atoms with Crippen LogP contribution in [0.4, 0.5) is 5.69 Å². The zero-order valence-corrected chi connectivity index (χ0v) is 17.1. The first-order valence-corrected chi connectivity index (χ1v) is 9.11. The van der Waals surface area contributed by atoms with E-state index in [1.165, 1.54) is 6.08 Å². The molecule has 2 aromatic carbocycles. The van der Waals surface area contributed by atoms with Crippen molar-refractivity contribution >= 4 is 35.0 Å². The van der Waals surface area contributed by atoms with Crippen LogP contribution in [0.1, 0.15) is 19.4 Å². The average Bonchev–Trinajstić information content (AvgIpc) is 2.67. The summed E-state index contributed by atoms with van der Waals surface area (Å²) in [6.07, 6.45) is 3.08. The van der Waals surface area contributed by atoms with E-state index in [1.807, 2.05) is 44.2 Å². The topological polar surface area (TPSA) is 68.8 Å². The number of carbonyl (C=O) groups is 1. The Labute approximate surface area is 170 Å². The lowest BCUT2D eigenvalue weighted by Crippen LogP contribution is -2.33. The molecule has 148 valence electrons. The van der Waals surface area contributed by atoms with Crippen LogP contribution in [0.15, 0.2) is 48.5 Å². The molecule has 0 bridgehead atoms. The number of hydrogen-bond acceptors (Lipinski definition) is 5. The summed E-state index contributed by atoms with van der Waals surface area (Å²) in [5, 5.41) is 5.78. The monoisotopic (exact) mass is 400 g/mol. The Bertz CT molecular complexity index is 865. The molecular weight excluding hydrogens is 376 g/mol. The van der Waals surface area contributed by atoms with Gasteiger partial charge in [-0.05, 0) is 62.0 Å². The molecule has 1 amide bonds. The van der Waals surface area contributed by atoms with Crippen LogP contribution >= 0.6 is 12.2 Å². The van der Waals surface area contributed by atoms with Crippen molar-refractivity contribution in [2.45, 2.75) is 20.0 Å². The zero-order chi connectivity index (χ0) is 20.5. The number of para-hydroxylation sites is 2. The summed E-state index contributed by atoms with van der Waals surface area (Å²) < 4.78 is 16.2. The van der Waals surface area contributed by atoms with Crippen molar-refractivity contribution < 1.29 is 19.0 Å². The fourth-order valence-corrected chi connectivity index (χ4v) is 2.57. The van der Waals surface area contributed by atoms with E-state index in [0.717, 1.165) is 5.56 Å². The summed E-state index contributed by atoms with van der Waals surface area (Å²) in [6, 6.07) is 12.8. The molecule has 0 saturated heterocycles. The number of anilines is 1. The minimum atomic E-state index is -0.352. The summed E-state index contributed by atoms with van der Waals surface area (Å²) in [5.41, 5.74) is 1.48. The van der Waals surface area contributed by atoms with Crippen molar-refractivity contribution in [3.63, 3.8) is 0 Å². The lowest BCUT2D eigenvalue weighted by atomic mass is 10.2. The maximum Gasteiger partial charge on any atom is 0.250 e. The van der Waals surface area contributed by atoms with E-state index in [-0.39, 0.29) is 17.1 Å². The Kier molecular flexibility index (Phi) is 7.83. The van der Waals surface area contributed by atoms with Crippen LogP contribution in [-0.2, 0) is 4.79 Å². The first kappa shape index (κ1) is 21.2. The van der Waals surface area contributed by atoms with Crippen LogP contribution in [0.2, 0.25) is 0 Å². The molecule has 28 heavy (non-hydrogen) atoms. The molecule has 0 unspecified atom stereocenters. The van der Waals surface area contributed by atoms with Gasteiger partial charge < -0.3 is 19.5 Å². The van der Waals surface area contributed by atoms with Gasteiger partial charge in [0.05, 0.1) is 26.0 Å². The van der Waals surface area contributed by atoms with Crippen LogP contribution in [0.5, 0.6) is 17.2 Å². The highest BCUT2D eigenvalue weighted by Gasteiger charge is 2.08. The standard InChI is InChI=1S/C21H24N2O4S/c1-14(2)27-17-8-6-5-7-16(17)22-21(28)23-20(24)12-10-15-9-11-18(25-3)19(13-15)26-4/h5-14H,1-4H3,(H2,22,23,24,28)/b12-10+. The second kappa shape index (κ2) is 10.3. The van der Waals surface area contributed by atoms with Crippen molar-refractivity contribution in [2.24, 2.45) is 0 Å². The molecule has 2 N–H and O–H groups in total. The van der Waals surface area contributed by atoms with Crippen molar-refractivity contribution in [3.8, 4) is 17.2 Å². The van der Waals surface area contributed by atoms with E-state index >= 15 is 0 Å². The minimum absolute atomic E-state index is 0.0236. The lowest BCUT2D eigenvalue weighted by molar-refractivity contribution is -0.115. The minimum Gasteiger partial charge on any atom is -0.493 e. The molecule has 0 saturated carbocycles. The van der Waals surface area contributed by atoms with Gasteiger partial charge in [0.1, 0.15) is 5.75 Å². The van der Waals surface area contributed by atoms with Crippen LogP contribution < -0.4 is 24.8 Å². The van der Waals surface area contributed by atoms with E-state index in [2.05, 4.69) is 10.6 Å². The molecule has 0 aliphatic heterocycles. The number of nitrogens with one attached hydrogen (secondary N) is 2. The van der Waals surface area contributed by atoms with Gasteiger partial charge in [0.2, 0.25) is 5.91 Å². The highest BCUT2D eigenvalue weighted by Crippen LogP contribution is 2.28. The number of hydrogen-bond donors (Lipinski definition) is 2. The van der Waals surface area contributed by atoms with E-state index in [0.29, 0.717) is 22.9 Å². The molecule has 2 aromatic rings. The molecule has 0 aromatic heterocycles. The first-order chi connectivity index (χ1) is 13.4. The Hall–Kier alpha value is -3.06. The van der Waals surface area contributed by atoms with Crippen molar-refractivity contribution in [1.82, 2.24) is 5.32 Å². The van der Waals surface area contributed by atoms with Gasteiger partial charge in [0, 0.05) is 6.08 Å². The summed E-state index contributed by atoms with van der Waals surface area (Å²) in [4.78, 5) is 12.1. The van der Waals surface area contributed by atoms with Gasteiger partial charge in [0.25, 0.3) is 0 Å². The molecule has 0 heterocycles. The van der Waals surface area contributed by atoms with E-state index in [4.69, 9.17) is 26.4 Å². The van der Waals surface area contributed by atoms with Crippen LogP contribution in [0, 0.1) is 0 Å². The van der Waals surface area contributed by atoms with Gasteiger partial charge in [-0.3, -0.25) is 10.1 Å². The molecule has 6 nitrogen and oxygen atoms in total. The fraction of sp³-hybridized carbons (Fsp3) is 0.238. The smallest absolute Gasteiger partial charge is 0.250 e. The highest BCUT2D eigenvalue weighted by atomic mass is 32.1. The second-order valence-corrected chi connectivity index (χ2v) is 6.46. The number of ether oxygens (including phenoxy) is 3. The molecule has 0 aliphatic rings. The quantitative estimate of drug-likeness (QED) is 0.541. The Balaban J connectivity index is 1.98. The number of carbonyl (C=O) groups excluding carboxylic acids is 1. The molecule has 0 fully saturated rings. The first-order valence-electron chi connectivity index (χ1n) is 8.70. The Morgan fingerprint density at radius 3 is 2.43 bits per heavy atom. The third-order valence-electron chi connectivity index (χ3n) is 3.57. The normalized spacial score (nSPS) is 10.6. The van der Waals surface area contributed by atoms with Crippen LogP contribution in [0.25, 0.3) is 6.08 Å². The molecule has 0 atom stereocenters. The van der Waals surface area contributed by atoms with E-state index in [1.54, 1.807) is 32.4 Å².